The summed E-state index contributed by atoms with van der Waals surface area (Å²) >= 11 is 5.14. The number of nitrogens with zero attached hydrogens (tertiary/aromatic N) is 2. The largest absolute Gasteiger partial charge is 0.395 e. The summed E-state index contributed by atoms with van der Waals surface area (Å²) in [5.74, 6) is 2.95. The molecule has 0 aliphatic carbocycles. The van der Waals surface area contributed by atoms with E-state index in [0.717, 1.165) is 35.0 Å². The van der Waals surface area contributed by atoms with Gasteiger partial charge in [-0.2, -0.15) is 11.8 Å². The van der Waals surface area contributed by atoms with Gasteiger partial charge >= 0.3 is 0 Å². The lowest BCUT2D eigenvalue weighted by Gasteiger charge is -2.33. The van der Waals surface area contributed by atoms with Crippen LogP contribution in [0.1, 0.15) is 5.76 Å². The van der Waals surface area contributed by atoms with Crippen LogP contribution >= 0.6 is 27.7 Å². The average molecular weight is 293 g/mol. The first kappa shape index (κ1) is 11.4. The molecule has 1 aliphatic heterocycles. The molecule has 1 aromatic rings. The van der Waals surface area contributed by atoms with Gasteiger partial charge in [0.15, 0.2) is 5.76 Å². The molecule has 1 aromatic heterocycles. The van der Waals surface area contributed by atoms with Crippen LogP contribution in [0.4, 0.5) is 0 Å². The summed E-state index contributed by atoms with van der Waals surface area (Å²) in [7, 11) is 0. The van der Waals surface area contributed by atoms with Gasteiger partial charge in [0.1, 0.15) is 4.60 Å². The Labute approximate surface area is 101 Å². The second-order valence-corrected chi connectivity index (χ2v) is 5.46. The zero-order valence-electron chi connectivity index (χ0n) is 8.23. The van der Waals surface area contributed by atoms with Gasteiger partial charge in [-0.05, 0) is 15.9 Å². The molecule has 0 aromatic carbocycles. The lowest BCUT2D eigenvalue weighted by Crippen LogP contribution is -2.43. The number of halogens is 1. The first-order valence-electron chi connectivity index (χ1n) is 4.83. The van der Waals surface area contributed by atoms with Crippen molar-refractivity contribution in [2.45, 2.75) is 12.6 Å². The number of aromatic nitrogens is 1. The first-order valence-corrected chi connectivity index (χ1v) is 6.78. The maximum Gasteiger partial charge on any atom is 0.151 e. The van der Waals surface area contributed by atoms with Crippen LogP contribution in [0.15, 0.2) is 15.2 Å². The van der Waals surface area contributed by atoms with Crippen molar-refractivity contribution in [3.05, 3.63) is 16.4 Å². The van der Waals surface area contributed by atoms with Crippen LogP contribution < -0.4 is 0 Å². The Morgan fingerprint density at radius 2 is 2.60 bits per heavy atom. The van der Waals surface area contributed by atoms with Gasteiger partial charge in [-0.25, -0.2) is 0 Å². The summed E-state index contributed by atoms with van der Waals surface area (Å²) in [6.07, 6.45) is 0. The Bertz CT molecular complexity index is 321. The fraction of sp³-hybridized carbons (Fsp3) is 0.667. The number of thioether (sulfide) groups is 1. The highest BCUT2D eigenvalue weighted by molar-refractivity contribution is 9.10. The third-order valence-electron chi connectivity index (χ3n) is 2.45. The van der Waals surface area contributed by atoms with Crippen molar-refractivity contribution in [2.24, 2.45) is 0 Å². The molecule has 0 bridgehead atoms. The van der Waals surface area contributed by atoms with Gasteiger partial charge in [0.05, 0.1) is 13.2 Å². The predicted octanol–water partition coefficient (Wildman–Crippen LogP) is 1.35. The summed E-state index contributed by atoms with van der Waals surface area (Å²) in [6.45, 7) is 1.93. The van der Waals surface area contributed by atoms with Crippen LogP contribution in [-0.4, -0.2) is 45.9 Å². The fourth-order valence-corrected chi connectivity index (χ4v) is 3.07. The first-order chi connectivity index (χ1) is 7.29. The van der Waals surface area contributed by atoms with E-state index < -0.39 is 0 Å². The van der Waals surface area contributed by atoms with Crippen molar-refractivity contribution >= 4 is 27.7 Å². The predicted molar refractivity (Wildman–Crippen MR) is 62.8 cm³/mol. The minimum absolute atomic E-state index is 0.211. The maximum absolute atomic E-state index is 9.23. The SMILES string of the molecule is OCC1CSCCN1Cc1cc(Br)no1. The summed E-state index contributed by atoms with van der Waals surface area (Å²) in [5, 5.41) is 13.0. The number of aliphatic hydroxyl groups excluding tert-OH is 1. The molecule has 1 atom stereocenters. The summed E-state index contributed by atoms with van der Waals surface area (Å²) < 4.78 is 5.86. The zero-order valence-corrected chi connectivity index (χ0v) is 10.6. The van der Waals surface area contributed by atoms with Gasteiger partial charge in [-0.15, -0.1) is 0 Å². The highest BCUT2D eigenvalue weighted by Gasteiger charge is 2.23. The highest BCUT2D eigenvalue weighted by Crippen LogP contribution is 2.19. The minimum atomic E-state index is 0.211. The van der Waals surface area contributed by atoms with Crippen molar-refractivity contribution in [3.63, 3.8) is 0 Å². The van der Waals surface area contributed by atoms with E-state index in [9.17, 15) is 5.11 Å². The number of hydrogen-bond donors (Lipinski definition) is 1. The van der Waals surface area contributed by atoms with Crippen LogP contribution in [-0.2, 0) is 6.54 Å². The molecule has 15 heavy (non-hydrogen) atoms. The summed E-state index contributed by atoms with van der Waals surface area (Å²) in [4.78, 5) is 2.24. The third-order valence-corrected chi connectivity index (χ3v) is 3.91. The van der Waals surface area contributed by atoms with E-state index in [0.29, 0.717) is 0 Å². The second-order valence-electron chi connectivity index (χ2n) is 3.50. The molecule has 6 heteroatoms. The molecule has 1 fully saturated rings. The molecule has 2 heterocycles. The van der Waals surface area contributed by atoms with Crippen molar-refractivity contribution in [1.29, 1.82) is 0 Å². The van der Waals surface area contributed by atoms with Crippen LogP contribution in [0.5, 0.6) is 0 Å². The Morgan fingerprint density at radius 3 is 3.27 bits per heavy atom. The smallest absolute Gasteiger partial charge is 0.151 e. The molecule has 0 spiro atoms. The van der Waals surface area contributed by atoms with E-state index in [-0.39, 0.29) is 12.6 Å². The summed E-state index contributed by atoms with van der Waals surface area (Å²) in [5.41, 5.74) is 0. The number of hydrogen-bond acceptors (Lipinski definition) is 5. The molecule has 1 saturated heterocycles. The van der Waals surface area contributed by atoms with Gasteiger partial charge < -0.3 is 9.63 Å². The molecule has 84 valence electrons. The van der Waals surface area contributed by atoms with Crippen molar-refractivity contribution in [1.82, 2.24) is 10.1 Å². The molecule has 0 radical (unpaired) electrons. The van der Waals surface area contributed by atoms with E-state index in [1.54, 1.807) is 0 Å². The van der Waals surface area contributed by atoms with Gasteiger partial charge in [-0.3, -0.25) is 4.90 Å². The number of aliphatic hydroxyl groups is 1. The standard InChI is InChI=1S/C9H13BrN2O2S/c10-9-3-8(14-11-9)4-12-1-2-15-6-7(12)5-13/h3,7,13H,1-2,4-6H2. The maximum atomic E-state index is 9.23. The molecule has 2 rings (SSSR count). The molecule has 1 N–H and O–H groups in total. The molecule has 1 aliphatic rings. The van der Waals surface area contributed by atoms with Crippen molar-refractivity contribution in [3.8, 4) is 0 Å². The average Bonchev–Trinajstić information content (AvgIpc) is 2.65. The normalized spacial score (nSPS) is 23.2. The monoisotopic (exact) mass is 292 g/mol. The highest BCUT2D eigenvalue weighted by atomic mass is 79.9. The zero-order chi connectivity index (χ0) is 10.7. The molecule has 1 unspecified atom stereocenters. The van der Waals surface area contributed by atoms with Crippen LogP contribution in [0.25, 0.3) is 0 Å². The number of rotatable bonds is 3. The lowest BCUT2D eigenvalue weighted by atomic mass is 10.2. The molecular weight excluding hydrogens is 280 g/mol. The molecular formula is C9H13BrN2O2S. The minimum Gasteiger partial charge on any atom is -0.395 e. The Balaban J connectivity index is 1.97. The van der Waals surface area contributed by atoms with E-state index in [1.807, 2.05) is 17.8 Å². The van der Waals surface area contributed by atoms with Crippen molar-refractivity contribution < 1.29 is 9.63 Å². The molecule has 0 saturated carbocycles. The van der Waals surface area contributed by atoms with Crippen LogP contribution in [0.2, 0.25) is 0 Å². The van der Waals surface area contributed by atoms with E-state index in [4.69, 9.17) is 4.52 Å². The van der Waals surface area contributed by atoms with E-state index in [1.165, 1.54) is 0 Å². The molecule has 4 nitrogen and oxygen atoms in total. The molecule has 0 amide bonds. The topological polar surface area (TPSA) is 49.5 Å². The Morgan fingerprint density at radius 1 is 1.73 bits per heavy atom. The van der Waals surface area contributed by atoms with Crippen LogP contribution in [0.3, 0.4) is 0 Å². The van der Waals surface area contributed by atoms with Crippen molar-refractivity contribution in [2.75, 3.05) is 24.7 Å². The summed E-state index contributed by atoms with van der Waals surface area (Å²) in [6, 6.07) is 2.11. The Kier molecular flexibility index (Phi) is 4.07. The van der Waals surface area contributed by atoms with Gasteiger partial charge in [0, 0.05) is 30.2 Å². The van der Waals surface area contributed by atoms with Gasteiger partial charge in [-0.1, -0.05) is 5.16 Å². The van der Waals surface area contributed by atoms with Gasteiger partial charge in [0.25, 0.3) is 0 Å². The van der Waals surface area contributed by atoms with E-state index >= 15 is 0 Å². The quantitative estimate of drug-likeness (QED) is 0.911. The Hall–Kier alpha value is -0.0400. The fourth-order valence-electron chi connectivity index (χ4n) is 1.63. The van der Waals surface area contributed by atoms with Gasteiger partial charge in [0.2, 0.25) is 0 Å². The van der Waals surface area contributed by atoms with E-state index in [2.05, 4.69) is 26.0 Å². The third kappa shape index (κ3) is 2.96. The van der Waals surface area contributed by atoms with Crippen LogP contribution in [0, 0.1) is 0 Å². The lowest BCUT2D eigenvalue weighted by molar-refractivity contribution is 0.123. The second kappa shape index (κ2) is 5.34.